The van der Waals surface area contributed by atoms with E-state index in [0.29, 0.717) is 6.54 Å². The molecule has 1 unspecified atom stereocenters. The number of nitrogens with one attached hydrogen (secondary N) is 1. The fourth-order valence-electron chi connectivity index (χ4n) is 2.45. The Morgan fingerprint density at radius 1 is 1.39 bits per heavy atom. The maximum Gasteiger partial charge on any atom is 0.325 e. The third-order valence-corrected chi connectivity index (χ3v) is 3.33. The predicted molar refractivity (Wildman–Crippen MR) is 68.4 cm³/mol. The molecule has 0 saturated heterocycles. The van der Waals surface area contributed by atoms with Gasteiger partial charge in [0.25, 0.3) is 0 Å². The van der Waals surface area contributed by atoms with E-state index in [-0.39, 0.29) is 0 Å². The first kappa shape index (κ1) is 11.2. The van der Waals surface area contributed by atoms with E-state index in [0.717, 1.165) is 35.0 Å². The van der Waals surface area contributed by atoms with Crippen LogP contribution in [0.25, 0.3) is 10.9 Å². The van der Waals surface area contributed by atoms with E-state index >= 15 is 0 Å². The van der Waals surface area contributed by atoms with Crippen LogP contribution >= 0.6 is 0 Å². The first-order valence-corrected chi connectivity index (χ1v) is 6.10. The van der Waals surface area contributed by atoms with Gasteiger partial charge < -0.3 is 10.4 Å². The molecule has 0 saturated carbocycles. The molecule has 0 bridgehead atoms. The highest BCUT2D eigenvalue weighted by atomic mass is 16.4. The zero-order valence-corrected chi connectivity index (χ0v) is 9.89. The van der Waals surface area contributed by atoms with Crippen molar-refractivity contribution in [2.75, 3.05) is 6.54 Å². The van der Waals surface area contributed by atoms with Crippen LogP contribution in [0.2, 0.25) is 0 Å². The Bertz CT molecular complexity index is 610. The smallest absolute Gasteiger partial charge is 0.325 e. The van der Waals surface area contributed by atoms with Crippen molar-refractivity contribution in [3.63, 3.8) is 0 Å². The monoisotopic (exact) mass is 242 g/mol. The summed E-state index contributed by atoms with van der Waals surface area (Å²) in [5.41, 5.74) is 2.65. The second-order valence-electron chi connectivity index (χ2n) is 4.55. The van der Waals surface area contributed by atoms with Gasteiger partial charge in [-0.3, -0.25) is 9.78 Å². The Labute approximate surface area is 105 Å². The first-order valence-electron chi connectivity index (χ1n) is 6.10. The summed E-state index contributed by atoms with van der Waals surface area (Å²) in [6.45, 7) is 0.712. The van der Waals surface area contributed by atoms with E-state index in [1.54, 1.807) is 0 Å². The summed E-state index contributed by atoms with van der Waals surface area (Å²) >= 11 is 0. The van der Waals surface area contributed by atoms with Crippen LogP contribution < -0.4 is 5.32 Å². The molecule has 0 amide bonds. The number of para-hydroxylation sites is 1. The number of fused-ring (bicyclic) bond motifs is 2. The molecule has 1 aromatic carbocycles. The van der Waals surface area contributed by atoms with Gasteiger partial charge in [0.15, 0.2) is 0 Å². The van der Waals surface area contributed by atoms with Gasteiger partial charge >= 0.3 is 5.97 Å². The van der Waals surface area contributed by atoms with E-state index in [2.05, 4.69) is 10.3 Å². The quantitative estimate of drug-likeness (QED) is 0.801. The average Bonchev–Trinajstić information content (AvgIpc) is 2.58. The zero-order valence-electron chi connectivity index (χ0n) is 9.89. The fourth-order valence-corrected chi connectivity index (χ4v) is 2.45. The number of hydrogen-bond donors (Lipinski definition) is 2. The van der Waals surface area contributed by atoms with E-state index in [4.69, 9.17) is 0 Å². The molecule has 0 aliphatic carbocycles. The van der Waals surface area contributed by atoms with Crippen LogP contribution in [0.5, 0.6) is 0 Å². The number of pyridine rings is 1. The summed E-state index contributed by atoms with van der Waals surface area (Å²) in [6, 6.07) is 9.13. The minimum Gasteiger partial charge on any atom is -0.480 e. The van der Waals surface area contributed by atoms with Crippen LogP contribution in [0.4, 0.5) is 0 Å². The molecule has 3 rings (SSSR count). The molecule has 2 aromatic rings. The van der Waals surface area contributed by atoms with Crippen molar-refractivity contribution in [2.24, 2.45) is 0 Å². The molecular formula is C14H14N2O2. The summed E-state index contributed by atoms with van der Waals surface area (Å²) in [5.74, 6) is -0.838. The number of carbonyl (C=O) groups is 1. The number of carboxylic acid groups (broad SMARTS) is 1. The van der Waals surface area contributed by atoms with Crippen LogP contribution in [-0.2, 0) is 11.2 Å². The van der Waals surface area contributed by atoms with Gasteiger partial charge in [-0.2, -0.15) is 0 Å². The molecule has 1 atom stereocenters. The largest absolute Gasteiger partial charge is 0.480 e. The molecular weight excluding hydrogens is 228 g/mol. The minimum atomic E-state index is -0.838. The van der Waals surface area contributed by atoms with Crippen LogP contribution in [0, 0.1) is 0 Å². The molecule has 2 N–H and O–H groups in total. The van der Waals surface area contributed by atoms with Crippen LogP contribution in [0.15, 0.2) is 30.3 Å². The average molecular weight is 242 g/mol. The van der Waals surface area contributed by atoms with E-state index < -0.39 is 12.0 Å². The van der Waals surface area contributed by atoms with E-state index in [1.165, 1.54) is 0 Å². The lowest BCUT2D eigenvalue weighted by atomic mass is 10.0. The number of carboxylic acids is 1. The molecule has 0 fully saturated rings. The predicted octanol–water partition coefficient (Wildman–Crippen LogP) is 1.90. The lowest BCUT2D eigenvalue weighted by molar-refractivity contribution is -0.139. The van der Waals surface area contributed by atoms with Crippen LogP contribution in [-0.4, -0.2) is 22.6 Å². The highest BCUT2D eigenvalue weighted by Crippen LogP contribution is 2.25. The van der Waals surface area contributed by atoms with Crippen molar-refractivity contribution in [1.29, 1.82) is 0 Å². The Kier molecular flexibility index (Phi) is 2.72. The number of hydrogen-bond acceptors (Lipinski definition) is 3. The molecule has 1 aliphatic rings. The molecule has 0 radical (unpaired) electrons. The summed E-state index contributed by atoms with van der Waals surface area (Å²) in [5, 5.41) is 13.3. The van der Waals surface area contributed by atoms with Crippen molar-refractivity contribution in [3.05, 3.63) is 41.6 Å². The second-order valence-corrected chi connectivity index (χ2v) is 4.55. The van der Waals surface area contributed by atoms with Gasteiger partial charge in [-0.05, 0) is 31.5 Å². The lowest BCUT2D eigenvalue weighted by Crippen LogP contribution is -2.28. The first-order chi connectivity index (χ1) is 8.75. The third kappa shape index (κ3) is 1.84. The van der Waals surface area contributed by atoms with Gasteiger partial charge in [0.2, 0.25) is 0 Å². The Hall–Kier alpha value is -1.94. The van der Waals surface area contributed by atoms with Crippen LogP contribution in [0.1, 0.15) is 23.7 Å². The topological polar surface area (TPSA) is 62.2 Å². The molecule has 18 heavy (non-hydrogen) atoms. The number of rotatable bonds is 1. The molecule has 1 aromatic heterocycles. The molecule has 4 heteroatoms. The normalized spacial score (nSPS) is 19.2. The Morgan fingerprint density at radius 3 is 3.06 bits per heavy atom. The molecule has 2 heterocycles. The van der Waals surface area contributed by atoms with Gasteiger partial charge in [-0.1, -0.05) is 18.2 Å². The molecule has 0 spiro atoms. The Morgan fingerprint density at radius 2 is 2.22 bits per heavy atom. The summed E-state index contributed by atoms with van der Waals surface area (Å²) in [4.78, 5) is 15.9. The highest BCUT2D eigenvalue weighted by molar-refractivity contribution is 5.83. The van der Waals surface area contributed by atoms with Crippen molar-refractivity contribution in [3.8, 4) is 0 Å². The fraction of sp³-hybridized carbons (Fsp3) is 0.286. The standard InChI is InChI=1S/C14H14N2O2/c17-14(18)13-10-8-9-4-1-2-5-11(9)16-12(10)6-3-7-15-13/h1-2,4-5,8,13,15H,3,6-7H2,(H,17,18). The third-order valence-electron chi connectivity index (χ3n) is 3.33. The number of benzene rings is 1. The molecule has 4 nitrogen and oxygen atoms in total. The van der Waals surface area contributed by atoms with Gasteiger partial charge in [-0.15, -0.1) is 0 Å². The van der Waals surface area contributed by atoms with Gasteiger partial charge in [0, 0.05) is 16.6 Å². The zero-order chi connectivity index (χ0) is 12.5. The van der Waals surface area contributed by atoms with Gasteiger partial charge in [0.05, 0.1) is 5.52 Å². The SMILES string of the molecule is O=C(O)C1NCCCc2nc3ccccc3cc21. The van der Waals surface area contributed by atoms with Gasteiger partial charge in [0.1, 0.15) is 6.04 Å². The van der Waals surface area contributed by atoms with Crippen molar-refractivity contribution in [1.82, 2.24) is 10.3 Å². The molecule has 1 aliphatic heterocycles. The van der Waals surface area contributed by atoms with Crippen molar-refractivity contribution >= 4 is 16.9 Å². The highest BCUT2D eigenvalue weighted by Gasteiger charge is 2.25. The summed E-state index contributed by atoms with van der Waals surface area (Å²) < 4.78 is 0. The Balaban J connectivity index is 2.21. The van der Waals surface area contributed by atoms with Crippen LogP contribution in [0.3, 0.4) is 0 Å². The van der Waals surface area contributed by atoms with Gasteiger partial charge in [-0.25, -0.2) is 0 Å². The maximum absolute atomic E-state index is 11.3. The number of aromatic nitrogens is 1. The lowest BCUT2D eigenvalue weighted by Gasteiger charge is -2.14. The van der Waals surface area contributed by atoms with Crippen molar-refractivity contribution in [2.45, 2.75) is 18.9 Å². The number of nitrogens with zero attached hydrogens (tertiary/aromatic N) is 1. The maximum atomic E-state index is 11.3. The summed E-state index contributed by atoms with van der Waals surface area (Å²) in [7, 11) is 0. The molecule has 92 valence electrons. The minimum absolute atomic E-state index is 0.639. The van der Waals surface area contributed by atoms with Crippen molar-refractivity contribution < 1.29 is 9.90 Å². The summed E-state index contributed by atoms with van der Waals surface area (Å²) in [6.07, 6.45) is 1.75. The number of aliphatic carboxylic acids is 1. The van der Waals surface area contributed by atoms with E-state index in [9.17, 15) is 9.90 Å². The second kappa shape index (κ2) is 4.38. The van der Waals surface area contributed by atoms with E-state index in [1.807, 2.05) is 30.3 Å². The number of aryl methyl sites for hydroxylation is 1.